The van der Waals surface area contributed by atoms with Gasteiger partial charge in [0.2, 0.25) is 0 Å². The van der Waals surface area contributed by atoms with E-state index in [0.29, 0.717) is 5.15 Å². The topological polar surface area (TPSA) is 40.7 Å². The van der Waals surface area contributed by atoms with Gasteiger partial charge >= 0.3 is 0 Å². The van der Waals surface area contributed by atoms with Crippen molar-refractivity contribution < 1.29 is 0 Å². The van der Waals surface area contributed by atoms with Crippen LogP contribution in [-0.4, -0.2) is 17.2 Å². The molecular weight excluding hydrogens is 126 g/mol. The lowest BCUT2D eigenvalue weighted by atomic mass is 10.6. The second-order valence-corrected chi connectivity index (χ2v) is 1.76. The fourth-order valence-electron chi connectivity index (χ4n) is 0.426. The maximum Gasteiger partial charge on any atom is 0.149 e. The Morgan fingerprint density at radius 1 is 1.88 bits per heavy atom. The zero-order chi connectivity index (χ0) is 5.98. The zero-order valence-electron chi connectivity index (χ0n) is 4.40. The first-order chi connectivity index (χ1) is 3.83. The molecule has 0 atom stereocenters. The molecule has 3 nitrogen and oxygen atoms in total. The molecule has 0 aliphatic rings. The van der Waals surface area contributed by atoms with Crippen LogP contribution in [0.1, 0.15) is 0 Å². The smallest absolute Gasteiger partial charge is 0.149 e. The van der Waals surface area contributed by atoms with Gasteiger partial charge in [0.1, 0.15) is 11.0 Å². The van der Waals surface area contributed by atoms with E-state index >= 15 is 0 Å². The number of hydrogen-bond acceptors (Lipinski definition) is 2. The van der Waals surface area contributed by atoms with Crippen molar-refractivity contribution in [2.24, 2.45) is 0 Å². The molecule has 0 saturated heterocycles. The zero-order valence-corrected chi connectivity index (χ0v) is 5.16. The molecule has 0 fully saturated rings. The van der Waals surface area contributed by atoms with Crippen LogP contribution < -0.4 is 5.32 Å². The molecule has 0 aromatic carbocycles. The van der Waals surface area contributed by atoms with Crippen molar-refractivity contribution in [2.45, 2.75) is 0 Å². The first-order valence-corrected chi connectivity index (χ1v) is 2.59. The minimum atomic E-state index is 0.550. The van der Waals surface area contributed by atoms with Gasteiger partial charge < -0.3 is 5.32 Å². The van der Waals surface area contributed by atoms with E-state index in [-0.39, 0.29) is 0 Å². The normalized spacial score (nSPS) is 9.25. The summed E-state index contributed by atoms with van der Waals surface area (Å²) in [6.45, 7) is 0. The molecule has 0 bridgehead atoms. The Labute approximate surface area is 52.0 Å². The average molecular weight is 132 g/mol. The Morgan fingerprint density at radius 3 is 2.88 bits per heavy atom. The Morgan fingerprint density at radius 2 is 2.62 bits per heavy atom. The van der Waals surface area contributed by atoms with Gasteiger partial charge in [-0.2, -0.15) is 5.10 Å². The van der Waals surface area contributed by atoms with Gasteiger partial charge in [0.05, 0.1) is 0 Å². The third-order valence-electron chi connectivity index (χ3n) is 0.803. The average Bonchev–Trinajstić information content (AvgIpc) is 2.14. The summed E-state index contributed by atoms with van der Waals surface area (Å²) in [6, 6.07) is 1.71. The lowest BCUT2D eigenvalue weighted by molar-refractivity contribution is 1.09. The third-order valence-corrected chi connectivity index (χ3v) is 0.996. The largest absolute Gasteiger partial charge is 0.372 e. The molecular formula is C4H6ClN3. The highest BCUT2D eigenvalue weighted by atomic mass is 35.5. The monoisotopic (exact) mass is 131 g/mol. The Balaban J connectivity index is 2.84. The molecule has 0 unspecified atom stereocenters. The van der Waals surface area contributed by atoms with Gasteiger partial charge in [0, 0.05) is 13.1 Å². The van der Waals surface area contributed by atoms with Crippen molar-refractivity contribution in [1.82, 2.24) is 10.2 Å². The van der Waals surface area contributed by atoms with Crippen LogP contribution in [0.25, 0.3) is 0 Å². The number of rotatable bonds is 1. The molecule has 1 aromatic heterocycles. The second-order valence-electron chi connectivity index (χ2n) is 1.35. The highest BCUT2D eigenvalue weighted by molar-refractivity contribution is 6.29. The molecule has 1 rings (SSSR count). The van der Waals surface area contributed by atoms with Gasteiger partial charge in [-0.3, -0.25) is 5.10 Å². The molecule has 44 valence electrons. The molecule has 2 N–H and O–H groups in total. The standard InChI is InChI=1S/C4H6ClN3/c1-6-4-2-3(5)7-8-4/h2H,1H3,(H2,6,7,8). The number of halogens is 1. The van der Waals surface area contributed by atoms with Gasteiger partial charge in [0.15, 0.2) is 0 Å². The number of aromatic nitrogens is 2. The molecule has 0 amide bonds. The highest BCUT2D eigenvalue weighted by Gasteiger charge is 1.91. The van der Waals surface area contributed by atoms with Crippen molar-refractivity contribution >= 4 is 17.4 Å². The first kappa shape index (κ1) is 5.44. The van der Waals surface area contributed by atoms with Crippen molar-refractivity contribution in [2.75, 3.05) is 12.4 Å². The van der Waals surface area contributed by atoms with Crippen LogP contribution in [0.3, 0.4) is 0 Å². The third kappa shape index (κ3) is 0.924. The Kier molecular flexibility index (Phi) is 1.39. The first-order valence-electron chi connectivity index (χ1n) is 2.21. The molecule has 1 heterocycles. The van der Waals surface area contributed by atoms with E-state index in [0.717, 1.165) is 5.82 Å². The number of anilines is 1. The number of nitrogens with zero attached hydrogens (tertiary/aromatic N) is 1. The predicted octanol–water partition coefficient (Wildman–Crippen LogP) is 1.10. The summed E-state index contributed by atoms with van der Waals surface area (Å²) in [7, 11) is 1.78. The van der Waals surface area contributed by atoms with E-state index in [1.54, 1.807) is 13.1 Å². The molecule has 0 radical (unpaired) electrons. The quantitative estimate of drug-likeness (QED) is 0.600. The lowest BCUT2D eigenvalue weighted by Crippen LogP contribution is -1.85. The highest BCUT2D eigenvalue weighted by Crippen LogP contribution is 2.07. The Hall–Kier alpha value is -0.700. The fraction of sp³-hybridized carbons (Fsp3) is 0.250. The molecule has 0 aliphatic heterocycles. The van der Waals surface area contributed by atoms with E-state index in [1.807, 2.05) is 0 Å². The van der Waals surface area contributed by atoms with Crippen molar-refractivity contribution in [3.8, 4) is 0 Å². The van der Waals surface area contributed by atoms with Crippen LogP contribution in [0.15, 0.2) is 6.07 Å². The van der Waals surface area contributed by atoms with E-state index < -0.39 is 0 Å². The van der Waals surface area contributed by atoms with Gasteiger partial charge in [-0.05, 0) is 0 Å². The number of aromatic amines is 1. The van der Waals surface area contributed by atoms with E-state index in [1.165, 1.54) is 0 Å². The van der Waals surface area contributed by atoms with Gasteiger partial charge in [-0.1, -0.05) is 11.6 Å². The van der Waals surface area contributed by atoms with Gasteiger partial charge in [-0.25, -0.2) is 0 Å². The van der Waals surface area contributed by atoms with Crippen molar-refractivity contribution in [1.29, 1.82) is 0 Å². The maximum absolute atomic E-state index is 5.48. The van der Waals surface area contributed by atoms with Crippen LogP contribution >= 0.6 is 11.6 Å². The van der Waals surface area contributed by atoms with Gasteiger partial charge in [0.25, 0.3) is 0 Å². The lowest BCUT2D eigenvalue weighted by Gasteiger charge is -1.84. The molecule has 4 heteroatoms. The van der Waals surface area contributed by atoms with E-state index in [2.05, 4.69) is 15.5 Å². The summed E-state index contributed by atoms with van der Waals surface area (Å²) in [4.78, 5) is 0. The summed E-state index contributed by atoms with van der Waals surface area (Å²) in [5.41, 5.74) is 0. The summed E-state index contributed by atoms with van der Waals surface area (Å²) >= 11 is 5.48. The summed E-state index contributed by atoms with van der Waals surface area (Å²) in [5.74, 6) is 0.759. The number of nitrogens with one attached hydrogen (secondary N) is 2. The Bertz CT molecular complexity index is 172. The number of H-pyrrole nitrogens is 1. The fourth-order valence-corrected chi connectivity index (χ4v) is 0.572. The van der Waals surface area contributed by atoms with Crippen LogP contribution in [0.2, 0.25) is 5.15 Å². The van der Waals surface area contributed by atoms with Crippen molar-refractivity contribution in [3.63, 3.8) is 0 Å². The SMILES string of the molecule is CNc1cc(Cl)[nH]n1. The van der Waals surface area contributed by atoms with E-state index in [4.69, 9.17) is 11.6 Å². The summed E-state index contributed by atoms with van der Waals surface area (Å²) < 4.78 is 0. The predicted molar refractivity (Wildman–Crippen MR) is 33.1 cm³/mol. The molecule has 0 spiro atoms. The van der Waals surface area contributed by atoms with Crippen LogP contribution in [0, 0.1) is 0 Å². The van der Waals surface area contributed by atoms with Crippen LogP contribution in [0.5, 0.6) is 0 Å². The van der Waals surface area contributed by atoms with Gasteiger partial charge in [-0.15, -0.1) is 0 Å². The van der Waals surface area contributed by atoms with Crippen LogP contribution in [-0.2, 0) is 0 Å². The van der Waals surface area contributed by atoms with Crippen LogP contribution in [0.4, 0.5) is 5.82 Å². The minimum Gasteiger partial charge on any atom is -0.372 e. The maximum atomic E-state index is 5.48. The summed E-state index contributed by atoms with van der Waals surface area (Å²) in [6.07, 6.45) is 0. The van der Waals surface area contributed by atoms with E-state index in [9.17, 15) is 0 Å². The molecule has 0 aliphatic carbocycles. The molecule has 8 heavy (non-hydrogen) atoms. The molecule has 0 saturated carbocycles. The number of hydrogen-bond donors (Lipinski definition) is 2. The second kappa shape index (κ2) is 2.05. The summed E-state index contributed by atoms with van der Waals surface area (Å²) in [5, 5.41) is 9.71. The molecule has 1 aromatic rings. The minimum absolute atomic E-state index is 0.550. The van der Waals surface area contributed by atoms with Crippen molar-refractivity contribution in [3.05, 3.63) is 11.2 Å².